The molecule has 102 valence electrons. The van der Waals surface area contributed by atoms with E-state index in [0.717, 1.165) is 19.4 Å². The Morgan fingerprint density at radius 2 is 2.33 bits per heavy atom. The van der Waals surface area contributed by atoms with Crippen LogP contribution >= 0.6 is 0 Å². The number of rotatable bonds is 8. The number of aromatic nitrogens is 2. The predicted molar refractivity (Wildman–Crippen MR) is 67.4 cm³/mol. The Bertz CT molecular complexity index is 390. The van der Waals surface area contributed by atoms with Crippen LogP contribution in [-0.4, -0.2) is 39.1 Å². The number of aliphatic hydroxyl groups is 1. The van der Waals surface area contributed by atoms with Crippen LogP contribution in [0.15, 0.2) is 6.20 Å². The van der Waals surface area contributed by atoms with E-state index in [2.05, 4.69) is 10.4 Å². The van der Waals surface area contributed by atoms with E-state index >= 15 is 0 Å². The summed E-state index contributed by atoms with van der Waals surface area (Å²) in [5, 5.41) is 25.0. The largest absolute Gasteiger partial charge is 0.478 e. The zero-order chi connectivity index (χ0) is 13.5. The van der Waals surface area contributed by atoms with E-state index in [0.29, 0.717) is 18.2 Å². The van der Waals surface area contributed by atoms with Gasteiger partial charge in [0.2, 0.25) is 0 Å². The highest BCUT2D eigenvalue weighted by atomic mass is 16.4. The molecule has 0 spiro atoms. The first-order valence-corrected chi connectivity index (χ1v) is 6.12. The van der Waals surface area contributed by atoms with Crippen molar-refractivity contribution in [1.82, 2.24) is 15.1 Å². The fraction of sp³-hybridized carbons (Fsp3) is 0.667. The van der Waals surface area contributed by atoms with Gasteiger partial charge in [-0.25, -0.2) is 4.79 Å². The minimum absolute atomic E-state index is 0.213. The Hall–Kier alpha value is -1.40. The smallest absolute Gasteiger partial charge is 0.339 e. The van der Waals surface area contributed by atoms with Crippen LogP contribution in [0.4, 0.5) is 0 Å². The first-order chi connectivity index (χ1) is 8.56. The highest BCUT2D eigenvalue weighted by Crippen LogP contribution is 2.07. The summed E-state index contributed by atoms with van der Waals surface area (Å²) >= 11 is 0. The zero-order valence-corrected chi connectivity index (χ0v) is 10.9. The van der Waals surface area contributed by atoms with Crippen LogP contribution < -0.4 is 5.32 Å². The van der Waals surface area contributed by atoms with Gasteiger partial charge < -0.3 is 15.5 Å². The number of aromatic carboxylic acids is 1. The monoisotopic (exact) mass is 255 g/mol. The van der Waals surface area contributed by atoms with Crippen LogP contribution in [0.5, 0.6) is 0 Å². The molecule has 1 atom stereocenters. The summed E-state index contributed by atoms with van der Waals surface area (Å²) in [4.78, 5) is 10.9. The van der Waals surface area contributed by atoms with E-state index in [-0.39, 0.29) is 12.2 Å². The molecule has 6 heteroatoms. The van der Waals surface area contributed by atoms with Crippen molar-refractivity contribution in [3.63, 3.8) is 0 Å². The lowest BCUT2D eigenvalue weighted by atomic mass is 10.1. The summed E-state index contributed by atoms with van der Waals surface area (Å²) in [5.41, 5.74) is 0.923. The lowest BCUT2D eigenvalue weighted by Crippen LogP contribution is -2.19. The molecule has 1 rings (SSSR count). The Morgan fingerprint density at radius 1 is 1.61 bits per heavy atom. The molecule has 0 aliphatic rings. The fourth-order valence-electron chi connectivity index (χ4n) is 1.72. The van der Waals surface area contributed by atoms with Crippen molar-refractivity contribution >= 4 is 5.97 Å². The van der Waals surface area contributed by atoms with Gasteiger partial charge in [-0.05, 0) is 25.3 Å². The Labute approximate surface area is 107 Å². The molecule has 1 unspecified atom stereocenters. The number of aliphatic hydroxyl groups excluding tert-OH is 1. The summed E-state index contributed by atoms with van der Waals surface area (Å²) in [6.45, 7) is 3.51. The number of carbonyl (C=O) groups is 1. The number of carboxylic acids is 1. The topological polar surface area (TPSA) is 87.4 Å². The van der Waals surface area contributed by atoms with E-state index in [9.17, 15) is 4.79 Å². The summed E-state index contributed by atoms with van der Waals surface area (Å²) in [5.74, 6) is -0.633. The van der Waals surface area contributed by atoms with E-state index in [4.69, 9.17) is 10.2 Å². The van der Waals surface area contributed by atoms with Gasteiger partial charge in [-0.15, -0.1) is 0 Å². The summed E-state index contributed by atoms with van der Waals surface area (Å²) in [6, 6.07) is 0. The highest BCUT2D eigenvalue weighted by Gasteiger charge is 2.14. The minimum Gasteiger partial charge on any atom is -0.478 e. The third-order valence-corrected chi connectivity index (χ3v) is 2.95. The average Bonchev–Trinajstić information content (AvgIpc) is 2.70. The Balaban J connectivity index is 2.35. The molecule has 0 radical (unpaired) electrons. The quantitative estimate of drug-likeness (QED) is 0.593. The molecular formula is C12H21N3O3. The number of aryl methyl sites for hydroxylation is 1. The number of hydrogen-bond donors (Lipinski definition) is 3. The molecule has 0 saturated heterocycles. The maximum Gasteiger partial charge on any atom is 0.339 e. The van der Waals surface area contributed by atoms with Crippen LogP contribution in [0.1, 0.15) is 35.8 Å². The molecule has 18 heavy (non-hydrogen) atoms. The van der Waals surface area contributed by atoms with Crippen molar-refractivity contribution in [2.45, 2.75) is 26.3 Å². The normalized spacial score (nSPS) is 12.6. The van der Waals surface area contributed by atoms with Crippen LogP contribution in [0.25, 0.3) is 0 Å². The summed E-state index contributed by atoms with van der Waals surface area (Å²) in [7, 11) is 1.73. The highest BCUT2D eigenvalue weighted by molar-refractivity contribution is 5.88. The average molecular weight is 255 g/mol. The first-order valence-electron chi connectivity index (χ1n) is 6.12. The molecule has 0 saturated carbocycles. The molecule has 0 aliphatic carbocycles. The van der Waals surface area contributed by atoms with Crippen molar-refractivity contribution in [2.75, 3.05) is 13.2 Å². The SMILES string of the molecule is CC(CO)CCCNCc1c(C(=O)O)cnn1C. The number of nitrogens with one attached hydrogen (secondary N) is 1. The minimum atomic E-state index is -0.950. The van der Waals surface area contributed by atoms with Crippen molar-refractivity contribution in [2.24, 2.45) is 13.0 Å². The van der Waals surface area contributed by atoms with Crippen LogP contribution in [0, 0.1) is 5.92 Å². The molecular weight excluding hydrogens is 234 g/mol. The van der Waals surface area contributed by atoms with Gasteiger partial charge in [0.05, 0.1) is 11.9 Å². The maximum atomic E-state index is 10.9. The van der Waals surface area contributed by atoms with Crippen molar-refractivity contribution in [3.05, 3.63) is 17.5 Å². The molecule has 0 fully saturated rings. The second-order valence-corrected chi connectivity index (χ2v) is 4.54. The third kappa shape index (κ3) is 4.12. The van der Waals surface area contributed by atoms with E-state index in [1.165, 1.54) is 6.20 Å². The molecule has 1 aromatic rings. The second-order valence-electron chi connectivity index (χ2n) is 4.54. The first kappa shape index (κ1) is 14.7. The summed E-state index contributed by atoms with van der Waals surface area (Å²) in [6.07, 6.45) is 3.29. The predicted octanol–water partition coefficient (Wildman–Crippen LogP) is 0.616. The molecule has 1 aromatic heterocycles. The van der Waals surface area contributed by atoms with E-state index in [1.807, 2.05) is 6.92 Å². The second kappa shape index (κ2) is 7.13. The van der Waals surface area contributed by atoms with E-state index in [1.54, 1.807) is 11.7 Å². The molecule has 6 nitrogen and oxygen atoms in total. The van der Waals surface area contributed by atoms with Gasteiger partial charge in [0, 0.05) is 20.2 Å². The van der Waals surface area contributed by atoms with E-state index < -0.39 is 5.97 Å². The van der Waals surface area contributed by atoms with Gasteiger partial charge >= 0.3 is 5.97 Å². The van der Waals surface area contributed by atoms with Crippen LogP contribution in [0.3, 0.4) is 0 Å². The Kier molecular flexibility index (Phi) is 5.80. The van der Waals surface area contributed by atoms with Crippen LogP contribution in [-0.2, 0) is 13.6 Å². The Morgan fingerprint density at radius 3 is 2.94 bits per heavy atom. The standard InChI is InChI=1S/C12H21N3O3/c1-9(8-16)4-3-5-13-7-11-10(12(17)18)6-14-15(11)2/h6,9,13,16H,3-5,7-8H2,1-2H3,(H,17,18). The van der Waals surface area contributed by atoms with Crippen LogP contribution in [0.2, 0.25) is 0 Å². The lowest BCUT2D eigenvalue weighted by Gasteiger charge is -2.09. The van der Waals surface area contributed by atoms with Gasteiger partial charge in [-0.3, -0.25) is 4.68 Å². The fourth-order valence-corrected chi connectivity index (χ4v) is 1.72. The molecule has 0 amide bonds. The van der Waals surface area contributed by atoms with Gasteiger partial charge in [-0.2, -0.15) is 5.10 Å². The zero-order valence-electron chi connectivity index (χ0n) is 10.9. The molecule has 0 bridgehead atoms. The summed E-state index contributed by atoms with van der Waals surface area (Å²) < 4.78 is 1.58. The number of nitrogens with zero attached hydrogens (tertiary/aromatic N) is 2. The van der Waals surface area contributed by atoms with Gasteiger partial charge in [0.15, 0.2) is 0 Å². The van der Waals surface area contributed by atoms with Gasteiger partial charge in [0.1, 0.15) is 5.56 Å². The van der Waals surface area contributed by atoms with Crippen molar-refractivity contribution in [1.29, 1.82) is 0 Å². The molecule has 1 heterocycles. The van der Waals surface area contributed by atoms with Crippen molar-refractivity contribution in [3.8, 4) is 0 Å². The molecule has 0 aliphatic heterocycles. The molecule has 0 aromatic carbocycles. The van der Waals surface area contributed by atoms with Gasteiger partial charge in [-0.1, -0.05) is 6.92 Å². The van der Waals surface area contributed by atoms with Gasteiger partial charge in [0.25, 0.3) is 0 Å². The lowest BCUT2D eigenvalue weighted by molar-refractivity contribution is 0.0695. The maximum absolute atomic E-state index is 10.9. The third-order valence-electron chi connectivity index (χ3n) is 2.95. The molecule has 3 N–H and O–H groups in total. The van der Waals surface area contributed by atoms with Crippen molar-refractivity contribution < 1.29 is 15.0 Å². The number of carboxylic acid groups (broad SMARTS) is 1. The number of hydrogen-bond acceptors (Lipinski definition) is 4.